The molecular weight excluding hydrogens is 570 g/mol. The van der Waals surface area contributed by atoms with E-state index in [0.29, 0.717) is 23.9 Å². The Hall–Kier alpha value is -3.27. The summed E-state index contributed by atoms with van der Waals surface area (Å²) in [6, 6.07) is 15.9. The minimum absolute atomic E-state index is 0.0203. The van der Waals surface area contributed by atoms with Gasteiger partial charge in [0.2, 0.25) is 0 Å². The van der Waals surface area contributed by atoms with Crippen LogP contribution in [0.5, 0.6) is 0 Å². The molecule has 10 heteroatoms. The molecule has 3 amide bonds. The van der Waals surface area contributed by atoms with Crippen LogP contribution in [0.2, 0.25) is 0 Å². The van der Waals surface area contributed by atoms with Gasteiger partial charge in [0.15, 0.2) is 5.82 Å². The van der Waals surface area contributed by atoms with Crippen molar-refractivity contribution in [3.8, 4) is 0 Å². The number of carbonyl (C=O) groups excluding carboxylic acids is 2. The van der Waals surface area contributed by atoms with Gasteiger partial charge in [-0.1, -0.05) is 66.2 Å². The molecule has 2 heterocycles. The van der Waals surface area contributed by atoms with E-state index < -0.39 is 0 Å². The second-order valence-electron chi connectivity index (χ2n) is 12.3. The number of benzene rings is 2. The Labute approximate surface area is 244 Å². The number of rotatable bonds is 7. The van der Waals surface area contributed by atoms with Crippen molar-refractivity contribution in [2.75, 3.05) is 6.54 Å². The van der Waals surface area contributed by atoms with Gasteiger partial charge >= 0.3 is 6.03 Å². The lowest BCUT2D eigenvalue weighted by Gasteiger charge is -2.45. The van der Waals surface area contributed by atoms with Crippen LogP contribution in [0.3, 0.4) is 0 Å². The van der Waals surface area contributed by atoms with Crippen LogP contribution in [0.1, 0.15) is 86.7 Å². The van der Waals surface area contributed by atoms with E-state index in [9.17, 15) is 9.59 Å². The summed E-state index contributed by atoms with van der Waals surface area (Å²) in [4.78, 5) is 30.9. The van der Waals surface area contributed by atoms with Crippen LogP contribution in [0.15, 0.2) is 53.0 Å². The molecule has 5 rings (SSSR count). The van der Waals surface area contributed by atoms with Gasteiger partial charge in [-0.3, -0.25) is 4.79 Å². The predicted molar refractivity (Wildman–Crippen MR) is 156 cm³/mol. The molecule has 1 saturated carbocycles. The molecule has 1 atom stereocenters. The van der Waals surface area contributed by atoms with Gasteiger partial charge in [-0.25, -0.2) is 4.79 Å². The number of halogens is 1. The van der Waals surface area contributed by atoms with Crippen molar-refractivity contribution in [2.45, 2.75) is 78.0 Å². The third-order valence-electron chi connectivity index (χ3n) is 8.83. The highest BCUT2D eigenvalue weighted by molar-refractivity contribution is 9.10. The van der Waals surface area contributed by atoms with Crippen molar-refractivity contribution in [1.29, 1.82) is 0 Å². The lowest BCUT2D eigenvalue weighted by Crippen LogP contribution is -2.50. The second kappa shape index (κ2) is 11.3. The van der Waals surface area contributed by atoms with Crippen LogP contribution in [0.25, 0.3) is 0 Å². The van der Waals surface area contributed by atoms with Crippen molar-refractivity contribution < 1.29 is 9.59 Å². The summed E-state index contributed by atoms with van der Waals surface area (Å²) < 4.78 is 1.03. The molecule has 2 aliphatic rings. The monoisotopic (exact) mass is 607 g/mol. The fourth-order valence-corrected chi connectivity index (χ4v) is 6.46. The molecule has 2 N–H and O–H groups in total. The van der Waals surface area contributed by atoms with E-state index in [1.165, 1.54) is 0 Å². The number of urea groups is 1. The van der Waals surface area contributed by atoms with Crippen LogP contribution in [-0.4, -0.2) is 54.4 Å². The van der Waals surface area contributed by atoms with Gasteiger partial charge in [-0.15, -0.1) is 10.2 Å². The molecular formula is C30H38BrN7O2. The maximum atomic E-state index is 14.1. The minimum atomic E-state index is -0.208. The summed E-state index contributed by atoms with van der Waals surface area (Å²) >= 11 is 3.52. The molecule has 3 aromatic rings. The quantitative estimate of drug-likeness (QED) is 0.349. The number of aromatic amines is 1. The molecule has 1 aliphatic carbocycles. The van der Waals surface area contributed by atoms with Gasteiger partial charge in [-0.2, -0.15) is 5.21 Å². The lowest BCUT2D eigenvalue weighted by atomic mass is 9.67. The van der Waals surface area contributed by atoms with Crippen molar-refractivity contribution in [3.05, 3.63) is 75.5 Å². The summed E-state index contributed by atoms with van der Waals surface area (Å²) in [5, 5.41) is 16.4. The third-order valence-corrected chi connectivity index (χ3v) is 9.36. The summed E-state index contributed by atoms with van der Waals surface area (Å²) in [7, 11) is 0. The number of aromatic nitrogens is 4. The number of tetrazole rings is 1. The van der Waals surface area contributed by atoms with E-state index in [1.807, 2.05) is 36.4 Å². The summed E-state index contributed by atoms with van der Waals surface area (Å²) in [5.74, 6) is 0.865. The van der Waals surface area contributed by atoms with Crippen LogP contribution in [0.4, 0.5) is 4.79 Å². The Kier molecular flexibility index (Phi) is 7.99. The Bertz CT molecular complexity index is 1310. The standard InChI is InChI=1S/C30H38BrN7O2/c1-20(22-9-11-25(31)12-10-22)37-19-30(15-13-24(14-16-30)29(2,3)4)38(28(37)40)18-21-5-7-23(8-6-21)27(39)32-17-26-33-35-36-34-26/h5-12,20,24H,13-19H2,1-4H3,(H,32,39)(H,33,34,35,36). The molecule has 1 aliphatic heterocycles. The van der Waals surface area contributed by atoms with Crippen molar-refractivity contribution >= 4 is 27.9 Å². The lowest BCUT2D eigenvalue weighted by molar-refractivity contribution is 0.0612. The number of nitrogens with one attached hydrogen (secondary N) is 2. The largest absolute Gasteiger partial charge is 0.345 e. The number of carbonyl (C=O) groups is 2. The molecule has 0 bridgehead atoms. The Morgan fingerprint density at radius 2 is 1.80 bits per heavy atom. The fourth-order valence-electron chi connectivity index (χ4n) is 6.20. The normalized spacial score (nSPS) is 22.1. The van der Waals surface area contributed by atoms with Crippen LogP contribution >= 0.6 is 15.9 Å². The van der Waals surface area contributed by atoms with E-state index in [2.05, 4.69) is 91.5 Å². The number of H-pyrrole nitrogens is 1. The molecule has 0 radical (unpaired) electrons. The van der Waals surface area contributed by atoms with E-state index in [4.69, 9.17) is 0 Å². The molecule has 212 valence electrons. The van der Waals surface area contributed by atoms with Gasteiger partial charge in [0.1, 0.15) is 0 Å². The van der Waals surface area contributed by atoms with Gasteiger partial charge < -0.3 is 15.1 Å². The Morgan fingerprint density at radius 1 is 1.12 bits per heavy atom. The molecule has 2 aromatic carbocycles. The van der Waals surface area contributed by atoms with E-state index in [1.54, 1.807) is 0 Å². The number of amides is 3. The summed E-state index contributed by atoms with van der Waals surface area (Å²) in [5.41, 5.74) is 2.76. The molecule has 40 heavy (non-hydrogen) atoms. The maximum Gasteiger partial charge on any atom is 0.321 e. The minimum Gasteiger partial charge on any atom is -0.345 e. The molecule has 1 saturated heterocycles. The first-order valence-corrected chi connectivity index (χ1v) is 14.8. The first-order chi connectivity index (χ1) is 19.1. The first kappa shape index (κ1) is 28.3. The maximum absolute atomic E-state index is 14.1. The van der Waals surface area contributed by atoms with Crippen molar-refractivity contribution in [2.24, 2.45) is 11.3 Å². The molecule has 1 aromatic heterocycles. The van der Waals surface area contributed by atoms with Crippen molar-refractivity contribution in [1.82, 2.24) is 35.7 Å². The highest BCUT2D eigenvalue weighted by atomic mass is 79.9. The first-order valence-electron chi connectivity index (χ1n) is 14.0. The Morgan fingerprint density at radius 3 is 2.40 bits per heavy atom. The zero-order chi connectivity index (χ0) is 28.5. The molecule has 9 nitrogen and oxygen atoms in total. The third kappa shape index (κ3) is 5.92. The average molecular weight is 609 g/mol. The zero-order valence-electron chi connectivity index (χ0n) is 23.7. The molecule has 2 fully saturated rings. The predicted octanol–water partition coefficient (Wildman–Crippen LogP) is 5.87. The van der Waals surface area contributed by atoms with Crippen molar-refractivity contribution in [3.63, 3.8) is 0 Å². The Balaban J connectivity index is 1.34. The van der Waals surface area contributed by atoms with E-state index in [-0.39, 0.29) is 35.5 Å². The summed E-state index contributed by atoms with van der Waals surface area (Å²) in [6.45, 7) is 10.6. The number of hydrogen-bond donors (Lipinski definition) is 2. The smallest absolute Gasteiger partial charge is 0.321 e. The van der Waals surface area contributed by atoms with E-state index >= 15 is 0 Å². The fraction of sp³-hybridized carbons (Fsp3) is 0.500. The molecule has 1 spiro atoms. The van der Waals surface area contributed by atoms with Gasteiger partial charge in [0.25, 0.3) is 5.91 Å². The van der Waals surface area contributed by atoms with Gasteiger partial charge in [0.05, 0.1) is 18.1 Å². The van der Waals surface area contributed by atoms with Crippen LogP contribution in [0, 0.1) is 11.3 Å². The summed E-state index contributed by atoms with van der Waals surface area (Å²) in [6.07, 6.45) is 4.24. The van der Waals surface area contributed by atoms with Crippen LogP contribution < -0.4 is 5.32 Å². The highest BCUT2D eigenvalue weighted by Gasteiger charge is 2.52. The second-order valence-corrected chi connectivity index (χ2v) is 13.2. The van der Waals surface area contributed by atoms with Crippen LogP contribution in [-0.2, 0) is 13.1 Å². The number of hydrogen-bond acceptors (Lipinski definition) is 5. The van der Waals surface area contributed by atoms with Gasteiger partial charge in [-0.05, 0) is 79.3 Å². The topological polar surface area (TPSA) is 107 Å². The SMILES string of the molecule is CC(c1ccc(Br)cc1)N1CC2(CCC(C(C)(C)C)CC2)N(Cc2ccc(C(=O)NCc3nn[nH]n3)cc2)C1=O. The zero-order valence-corrected chi connectivity index (χ0v) is 25.2. The molecule has 1 unspecified atom stereocenters. The van der Waals surface area contributed by atoms with Gasteiger partial charge in [0, 0.05) is 23.1 Å². The number of nitrogens with zero attached hydrogens (tertiary/aromatic N) is 5. The van der Waals surface area contributed by atoms with E-state index in [0.717, 1.165) is 47.8 Å². The average Bonchev–Trinajstić information content (AvgIpc) is 3.55. The highest BCUT2D eigenvalue weighted by Crippen LogP contribution is 2.48.